The van der Waals surface area contributed by atoms with Crippen LogP contribution in [-0.4, -0.2) is 74.8 Å². The fourth-order valence-corrected chi connectivity index (χ4v) is 11.9. The van der Waals surface area contributed by atoms with Crippen molar-refractivity contribution in [2.24, 2.45) is 50.2 Å². The van der Waals surface area contributed by atoms with Gasteiger partial charge in [0.05, 0.1) is 23.5 Å². The molecule has 1 heterocycles. The number of carboxylic acid groups (broad SMARTS) is 2. The average Bonchev–Trinajstić information content (AvgIpc) is 2.94. The first-order chi connectivity index (χ1) is 20.4. The molecule has 0 radical (unpaired) electrons. The number of carbonyl (C=O) groups is 2. The van der Waals surface area contributed by atoms with Crippen molar-refractivity contribution in [2.45, 2.75) is 136 Å². The van der Waals surface area contributed by atoms with Crippen molar-refractivity contribution in [2.75, 3.05) is 6.61 Å². The zero-order chi connectivity index (χ0) is 32.3. The lowest BCUT2D eigenvalue weighted by molar-refractivity contribution is -0.308. The second-order valence-corrected chi connectivity index (χ2v) is 17.2. The molecule has 0 unspecified atom stereocenters. The van der Waals surface area contributed by atoms with E-state index in [4.69, 9.17) is 9.47 Å². The van der Waals surface area contributed by atoms with Crippen LogP contribution in [0.4, 0.5) is 0 Å². The van der Waals surface area contributed by atoms with Gasteiger partial charge in [-0.05, 0) is 111 Å². The molecule has 9 nitrogen and oxygen atoms in total. The molecule has 6 rings (SSSR count). The summed E-state index contributed by atoms with van der Waals surface area (Å²) in [5.74, 6) is -1.51. The fourth-order valence-electron chi connectivity index (χ4n) is 11.9. The molecular formula is C35H54O9. The molecule has 9 heteroatoms. The Morgan fingerprint density at radius 3 is 2.18 bits per heavy atom. The van der Waals surface area contributed by atoms with Crippen LogP contribution >= 0.6 is 0 Å². The molecule has 248 valence electrons. The lowest BCUT2D eigenvalue weighted by atomic mass is 9.33. The first-order valence-electron chi connectivity index (χ1n) is 16.9. The number of aliphatic carboxylic acids is 2. The van der Waals surface area contributed by atoms with Gasteiger partial charge >= 0.3 is 11.9 Å². The number of allylic oxidation sites excluding steroid dienone is 2. The molecule has 0 aromatic heterocycles. The summed E-state index contributed by atoms with van der Waals surface area (Å²) in [5, 5.41) is 52.1. The molecule has 0 aromatic carbocycles. The zero-order valence-corrected chi connectivity index (χ0v) is 27.3. The van der Waals surface area contributed by atoms with Gasteiger partial charge in [0.25, 0.3) is 0 Å². The molecular weight excluding hydrogens is 564 g/mol. The predicted octanol–water partition coefficient (Wildman–Crippen LogP) is 4.76. The Morgan fingerprint density at radius 1 is 0.841 bits per heavy atom. The Balaban J connectivity index is 1.34. The number of ether oxygens (including phenoxy) is 2. The Bertz CT molecular complexity index is 1230. The third kappa shape index (κ3) is 4.21. The Kier molecular flexibility index (Phi) is 7.54. The van der Waals surface area contributed by atoms with E-state index < -0.39 is 53.5 Å². The van der Waals surface area contributed by atoms with E-state index in [0.29, 0.717) is 19.3 Å². The van der Waals surface area contributed by atoms with Gasteiger partial charge in [0.1, 0.15) is 18.3 Å². The molecule has 1 saturated heterocycles. The molecule has 5 aliphatic carbocycles. The van der Waals surface area contributed by atoms with Crippen LogP contribution in [0, 0.1) is 50.2 Å². The molecule has 0 amide bonds. The second kappa shape index (κ2) is 10.2. The van der Waals surface area contributed by atoms with Crippen molar-refractivity contribution < 1.29 is 44.6 Å². The van der Waals surface area contributed by atoms with Gasteiger partial charge in [-0.15, -0.1) is 0 Å². The third-order valence-electron chi connectivity index (χ3n) is 14.9. The van der Waals surface area contributed by atoms with E-state index in [1.807, 2.05) is 0 Å². The first-order valence-corrected chi connectivity index (χ1v) is 16.9. The number of hydrogen-bond acceptors (Lipinski definition) is 7. The lowest BCUT2D eigenvalue weighted by Crippen LogP contribution is -2.67. The maximum atomic E-state index is 13.2. The third-order valence-corrected chi connectivity index (χ3v) is 14.9. The van der Waals surface area contributed by atoms with Crippen LogP contribution in [0.25, 0.3) is 0 Å². The summed E-state index contributed by atoms with van der Waals surface area (Å²) in [4.78, 5) is 26.2. The molecule has 5 N–H and O–H groups in total. The van der Waals surface area contributed by atoms with E-state index in [1.165, 1.54) is 5.57 Å². The van der Waals surface area contributed by atoms with Gasteiger partial charge in [-0.3, -0.25) is 9.59 Å². The quantitative estimate of drug-likeness (QED) is 0.222. The molecule has 1 aliphatic heterocycles. The summed E-state index contributed by atoms with van der Waals surface area (Å²) >= 11 is 0. The molecule has 6 aliphatic rings. The minimum absolute atomic E-state index is 0.0232. The van der Waals surface area contributed by atoms with Gasteiger partial charge < -0.3 is 35.0 Å². The number of carboxylic acids is 2. The molecule has 13 atom stereocenters. The average molecular weight is 619 g/mol. The van der Waals surface area contributed by atoms with Crippen LogP contribution in [-0.2, 0) is 19.1 Å². The van der Waals surface area contributed by atoms with Crippen molar-refractivity contribution >= 4 is 11.9 Å². The first kappa shape index (κ1) is 32.4. The van der Waals surface area contributed by atoms with Crippen LogP contribution in [0.15, 0.2) is 11.6 Å². The van der Waals surface area contributed by atoms with E-state index >= 15 is 0 Å². The number of fused-ring (bicyclic) bond motifs is 7. The summed E-state index contributed by atoms with van der Waals surface area (Å²) in [7, 11) is 0. The van der Waals surface area contributed by atoms with Gasteiger partial charge in [-0.25, -0.2) is 0 Å². The fraction of sp³-hybridized carbons (Fsp3) is 0.886. The topological polar surface area (TPSA) is 154 Å². The van der Waals surface area contributed by atoms with Crippen LogP contribution in [0.2, 0.25) is 0 Å². The predicted molar refractivity (Wildman–Crippen MR) is 161 cm³/mol. The summed E-state index contributed by atoms with van der Waals surface area (Å²) in [6.45, 7) is 13.2. The summed E-state index contributed by atoms with van der Waals surface area (Å²) < 4.78 is 11.8. The minimum atomic E-state index is -1.48. The highest BCUT2D eigenvalue weighted by molar-refractivity contribution is 5.77. The number of aliphatic hydroxyl groups excluding tert-OH is 3. The van der Waals surface area contributed by atoms with E-state index in [1.54, 1.807) is 6.92 Å². The lowest BCUT2D eigenvalue weighted by Gasteiger charge is -2.71. The molecule has 0 spiro atoms. The van der Waals surface area contributed by atoms with E-state index in [9.17, 15) is 35.1 Å². The van der Waals surface area contributed by atoms with Gasteiger partial charge in [-0.1, -0.05) is 46.3 Å². The molecule has 4 saturated carbocycles. The van der Waals surface area contributed by atoms with Crippen LogP contribution in [0.3, 0.4) is 0 Å². The Hall–Kier alpha value is -1.52. The Morgan fingerprint density at radius 2 is 1.52 bits per heavy atom. The molecule has 0 aromatic rings. The summed E-state index contributed by atoms with van der Waals surface area (Å²) in [6.07, 6.45) is 3.98. The zero-order valence-electron chi connectivity index (χ0n) is 27.3. The van der Waals surface area contributed by atoms with Crippen LogP contribution in [0.1, 0.15) is 106 Å². The molecule has 44 heavy (non-hydrogen) atoms. The second-order valence-electron chi connectivity index (χ2n) is 17.2. The van der Waals surface area contributed by atoms with Gasteiger partial charge in [0.2, 0.25) is 0 Å². The van der Waals surface area contributed by atoms with E-state index in [2.05, 4.69) is 40.7 Å². The number of hydrogen-bond donors (Lipinski definition) is 5. The standard InChI is InChI=1S/C35H54O9/c1-30(2)13-15-35(29(41)42)16-14-32(4)19(20(35)17-30)7-8-22-31(3)11-10-24(44-27-26(38)25(37)21(36)18-43-27)34(6,28(39)40)23(31)9-12-33(22,32)5/h7,20-27,36-38H,8-18H2,1-6H3,(H,39,40)(H,41,42)/t20-,21+,22+,23+,24-,25-,26+,27-,31+,32+,33+,34-,35-/m0/s1. The van der Waals surface area contributed by atoms with Crippen molar-refractivity contribution in [3.05, 3.63) is 11.6 Å². The highest BCUT2D eigenvalue weighted by Crippen LogP contribution is 2.76. The smallest absolute Gasteiger partial charge is 0.312 e. The SMILES string of the molecule is CC1(C)CC[C@]2(C(=O)O)CC[C@]3(C)C(=CC[C@@H]4[C@@]5(C)CC[C@H](O[C@@H]6OC[C@@H](O)[C@H](O)[C@H]6O)[C@@](C)(C(=O)O)[C@@H]5CC[C@]43C)[C@@H]2C1. The van der Waals surface area contributed by atoms with E-state index in [-0.39, 0.29) is 46.0 Å². The van der Waals surface area contributed by atoms with E-state index in [0.717, 1.165) is 44.9 Å². The number of aliphatic hydroxyl groups is 3. The van der Waals surface area contributed by atoms with Crippen molar-refractivity contribution in [3.63, 3.8) is 0 Å². The monoisotopic (exact) mass is 618 g/mol. The van der Waals surface area contributed by atoms with Crippen molar-refractivity contribution in [1.29, 1.82) is 0 Å². The molecule has 0 bridgehead atoms. The summed E-state index contributed by atoms with van der Waals surface area (Å²) in [5.41, 5.74) is -1.06. The van der Waals surface area contributed by atoms with Gasteiger partial charge in [-0.2, -0.15) is 0 Å². The maximum Gasteiger partial charge on any atom is 0.312 e. The Labute approximate surface area is 261 Å². The summed E-state index contributed by atoms with van der Waals surface area (Å²) in [6, 6.07) is 0. The largest absolute Gasteiger partial charge is 0.481 e. The highest BCUT2D eigenvalue weighted by Gasteiger charge is 2.71. The highest BCUT2D eigenvalue weighted by atomic mass is 16.7. The minimum Gasteiger partial charge on any atom is -0.481 e. The van der Waals surface area contributed by atoms with Crippen molar-refractivity contribution in [3.8, 4) is 0 Å². The maximum absolute atomic E-state index is 13.2. The van der Waals surface area contributed by atoms with Crippen LogP contribution < -0.4 is 0 Å². The van der Waals surface area contributed by atoms with Crippen molar-refractivity contribution in [1.82, 2.24) is 0 Å². The van der Waals surface area contributed by atoms with Gasteiger partial charge in [0, 0.05) is 0 Å². The normalized spacial score (nSPS) is 53.2. The number of rotatable bonds is 4. The van der Waals surface area contributed by atoms with Crippen LogP contribution in [0.5, 0.6) is 0 Å². The molecule has 5 fully saturated rings. The van der Waals surface area contributed by atoms with Gasteiger partial charge in [0.15, 0.2) is 6.29 Å².